The molecule has 4 rings (SSSR count). The maximum atomic E-state index is 13.3. The number of unbranched alkanes of at least 4 members (excludes halogenated alkanes) is 1. The minimum absolute atomic E-state index is 0.00468. The molecule has 2 amide bonds. The van der Waals surface area contributed by atoms with Crippen LogP contribution in [0, 0.1) is 0 Å². The number of hydrogen-bond acceptors (Lipinski definition) is 6. The van der Waals surface area contributed by atoms with Crippen LogP contribution in [-0.4, -0.2) is 52.6 Å². The zero-order valence-electron chi connectivity index (χ0n) is 22.1. The van der Waals surface area contributed by atoms with E-state index in [0.29, 0.717) is 30.9 Å². The first-order valence-electron chi connectivity index (χ1n) is 13.1. The summed E-state index contributed by atoms with van der Waals surface area (Å²) in [4.78, 5) is 27.6. The van der Waals surface area contributed by atoms with E-state index in [2.05, 4.69) is 10.0 Å². The van der Waals surface area contributed by atoms with E-state index in [1.54, 1.807) is 24.3 Å². The summed E-state index contributed by atoms with van der Waals surface area (Å²) in [5.41, 5.74) is 1.62. The number of halogens is 1. The predicted octanol–water partition coefficient (Wildman–Crippen LogP) is 3.95. The van der Waals surface area contributed by atoms with E-state index >= 15 is 0 Å². The van der Waals surface area contributed by atoms with E-state index in [4.69, 9.17) is 21.1 Å². The van der Waals surface area contributed by atoms with Gasteiger partial charge >= 0.3 is 0 Å². The highest BCUT2D eigenvalue weighted by Crippen LogP contribution is 2.34. The molecule has 0 spiro atoms. The topological polar surface area (TPSA) is 114 Å². The average Bonchev–Trinajstić information content (AvgIpc) is 2.96. The van der Waals surface area contributed by atoms with Gasteiger partial charge in [-0.2, -0.15) is 0 Å². The van der Waals surface area contributed by atoms with Crippen LogP contribution in [0.5, 0.6) is 11.5 Å². The zero-order valence-corrected chi connectivity index (χ0v) is 23.7. The van der Waals surface area contributed by atoms with Crippen molar-refractivity contribution in [2.45, 2.75) is 37.2 Å². The SMILES string of the molecule is CCCCNS(=O)(=O)c1ccc(OCC(=O)N2C[C@@H](C(=O)NCCc3ccccc3)Oc3ccccc32)c(Cl)c1. The van der Waals surface area contributed by atoms with Crippen molar-refractivity contribution in [3.05, 3.63) is 83.4 Å². The summed E-state index contributed by atoms with van der Waals surface area (Å²) in [6.45, 7) is 2.36. The number of sulfonamides is 1. The second kappa shape index (κ2) is 13.6. The first kappa shape index (κ1) is 29.4. The monoisotopic (exact) mass is 585 g/mol. The molecule has 3 aromatic rings. The van der Waals surface area contributed by atoms with Gasteiger partial charge in [-0.05, 0) is 48.7 Å². The molecule has 0 aromatic heterocycles. The third-order valence-electron chi connectivity index (χ3n) is 6.31. The van der Waals surface area contributed by atoms with Gasteiger partial charge in [0.1, 0.15) is 11.5 Å². The van der Waals surface area contributed by atoms with E-state index < -0.39 is 22.0 Å². The van der Waals surface area contributed by atoms with Crippen molar-refractivity contribution in [1.82, 2.24) is 10.0 Å². The molecule has 0 fully saturated rings. The molecule has 40 heavy (non-hydrogen) atoms. The van der Waals surface area contributed by atoms with Crippen molar-refractivity contribution in [3.63, 3.8) is 0 Å². The number of anilines is 1. The average molecular weight is 586 g/mol. The number of hydrogen-bond donors (Lipinski definition) is 2. The molecule has 1 aliphatic heterocycles. The summed E-state index contributed by atoms with van der Waals surface area (Å²) in [6.07, 6.45) is 1.35. The molecule has 1 atom stereocenters. The van der Waals surface area contributed by atoms with Crippen molar-refractivity contribution in [2.75, 3.05) is 31.1 Å². The summed E-state index contributed by atoms with van der Waals surface area (Å²) in [5, 5.41) is 2.94. The zero-order chi connectivity index (χ0) is 28.5. The molecule has 2 N–H and O–H groups in total. The second-order valence-electron chi connectivity index (χ2n) is 9.24. The van der Waals surface area contributed by atoms with Crippen molar-refractivity contribution in [1.29, 1.82) is 0 Å². The van der Waals surface area contributed by atoms with Crippen molar-refractivity contribution in [3.8, 4) is 11.5 Å². The number of para-hydroxylation sites is 2. The Bertz CT molecular complexity index is 1430. The van der Waals surface area contributed by atoms with E-state index in [1.165, 1.54) is 23.1 Å². The summed E-state index contributed by atoms with van der Waals surface area (Å²) in [7, 11) is -3.71. The van der Waals surface area contributed by atoms with Gasteiger partial charge in [0.25, 0.3) is 11.8 Å². The number of benzene rings is 3. The van der Waals surface area contributed by atoms with Crippen LogP contribution in [0.4, 0.5) is 5.69 Å². The minimum atomic E-state index is -3.71. The maximum absolute atomic E-state index is 13.3. The Hall–Kier alpha value is -3.60. The van der Waals surface area contributed by atoms with Crippen molar-refractivity contribution >= 4 is 39.1 Å². The normalized spacial score (nSPS) is 14.7. The Morgan fingerprint density at radius 3 is 2.55 bits per heavy atom. The Kier molecular flexibility index (Phi) is 10.0. The highest BCUT2D eigenvalue weighted by atomic mass is 35.5. The lowest BCUT2D eigenvalue weighted by atomic mass is 10.1. The van der Waals surface area contributed by atoms with Gasteiger partial charge < -0.3 is 19.7 Å². The molecular weight excluding hydrogens is 554 g/mol. The Morgan fingerprint density at radius 2 is 1.80 bits per heavy atom. The first-order chi connectivity index (χ1) is 19.3. The first-order valence-corrected chi connectivity index (χ1v) is 14.9. The van der Waals surface area contributed by atoms with Crippen molar-refractivity contribution in [2.24, 2.45) is 0 Å². The van der Waals surface area contributed by atoms with Gasteiger partial charge in [-0.1, -0.05) is 67.4 Å². The van der Waals surface area contributed by atoms with Gasteiger partial charge in [-0.15, -0.1) is 0 Å². The molecule has 1 aliphatic rings. The summed E-state index contributed by atoms with van der Waals surface area (Å²) in [5.74, 6) is -0.156. The number of rotatable bonds is 12. The molecule has 0 saturated heterocycles. The van der Waals surface area contributed by atoms with Crippen LogP contribution >= 0.6 is 11.6 Å². The number of nitrogens with zero attached hydrogens (tertiary/aromatic N) is 1. The minimum Gasteiger partial charge on any atom is -0.482 e. The molecule has 9 nitrogen and oxygen atoms in total. The smallest absolute Gasteiger partial charge is 0.265 e. The van der Waals surface area contributed by atoms with E-state index in [9.17, 15) is 18.0 Å². The lowest BCUT2D eigenvalue weighted by Crippen LogP contribution is -2.52. The predicted molar refractivity (Wildman–Crippen MR) is 153 cm³/mol. The van der Waals surface area contributed by atoms with E-state index in [-0.39, 0.29) is 34.7 Å². The fourth-order valence-electron chi connectivity index (χ4n) is 4.15. The molecular formula is C29H32ClN3O6S. The molecule has 0 radical (unpaired) electrons. The van der Waals surface area contributed by atoms with Crippen LogP contribution in [0.25, 0.3) is 0 Å². The van der Waals surface area contributed by atoms with Crippen LogP contribution in [0.2, 0.25) is 5.02 Å². The van der Waals surface area contributed by atoms with E-state index in [1.807, 2.05) is 37.3 Å². The lowest BCUT2D eigenvalue weighted by molar-refractivity contribution is -0.128. The highest BCUT2D eigenvalue weighted by molar-refractivity contribution is 7.89. The summed E-state index contributed by atoms with van der Waals surface area (Å²) < 4.78 is 39.0. The molecule has 3 aromatic carbocycles. The Morgan fingerprint density at radius 1 is 1.05 bits per heavy atom. The quantitative estimate of drug-likeness (QED) is 0.311. The third kappa shape index (κ3) is 7.53. The van der Waals surface area contributed by atoms with Gasteiger partial charge in [0.15, 0.2) is 12.7 Å². The maximum Gasteiger partial charge on any atom is 0.265 e. The Labute approximate surface area is 239 Å². The van der Waals surface area contributed by atoms with Gasteiger partial charge in [-0.3, -0.25) is 9.59 Å². The van der Waals surface area contributed by atoms with Crippen LogP contribution in [0.1, 0.15) is 25.3 Å². The number of carbonyl (C=O) groups is 2. The van der Waals surface area contributed by atoms with Crippen LogP contribution in [0.3, 0.4) is 0 Å². The molecule has 0 unspecified atom stereocenters. The highest BCUT2D eigenvalue weighted by Gasteiger charge is 2.34. The number of fused-ring (bicyclic) bond motifs is 1. The number of amides is 2. The lowest BCUT2D eigenvalue weighted by Gasteiger charge is -2.34. The summed E-state index contributed by atoms with van der Waals surface area (Å²) in [6, 6.07) is 20.8. The van der Waals surface area contributed by atoms with Crippen LogP contribution in [-0.2, 0) is 26.0 Å². The standard InChI is InChI=1S/C29H32ClN3O6S/c1-2-3-16-32-40(36,37)22-13-14-25(23(30)18-22)38-20-28(34)33-19-27(39-26-12-8-7-11-24(26)33)29(35)31-17-15-21-9-5-4-6-10-21/h4-14,18,27,32H,2-3,15-17,19-20H2,1H3,(H,31,35)/t27-/m0/s1. The molecule has 212 valence electrons. The van der Waals surface area contributed by atoms with Gasteiger partial charge in [-0.25, -0.2) is 13.1 Å². The number of nitrogens with one attached hydrogen (secondary N) is 2. The van der Waals surface area contributed by atoms with Gasteiger partial charge in [0.05, 0.1) is 22.2 Å². The third-order valence-corrected chi connectivity index (χ3v) is 8.06. The number of carbonyl (C=O) groups excluding carboxylic acids is 2. The van der Waals surface area contributed by atoms with Crippen LogP contribution < -0.4 is 24.4 Å². The van der Waals surface area contributed by atoms with Gasteiger partial charge in [0, 0.05) is 13.1 Å². The largest absolute Gasteiger partial charge is 0.482 e. The second-order valence-corrected chi connectivity index (χ2v) is 11.4. The van der Waals surface area contributed by atoms with Crippen molar-refractivity contribution < 1.29 is 27.5 Å². The Balaban J connectivity index is 1.39. The summed E-state index contributed by atoms with van der Waals surface area (Å²) >= 11 is 6.29. The number of ether oxygens (including phenoxy) is 2. The fourth-order valence-corrected chi connectivity index (χ4v) is 5.55. The molecule has 0 bridgehead atoms. The fraction of sp³-hybridized carbons (Fsp3) is 0.310. The molecule has 0 aliphatic carbocycles. The van der Waals surface area contributed by atoms with Crippen LogP contribution in [0.15, 0.2) is 77.7 Å². The molecule has 0 saturated carbocycles. The molecule has 11 heteroatoms. The van der Waals surface area contributed by atoms with E-state index in [0.717, 1.165) is 18.4 Å². The molecule has 1 heterocycles. The van der Waals surface area contributed by atoms with Gasteiger partial charge in [0.2, 0.25) is 10.0 Å².